The Hall–Kier alpha value is -2.87. The highest BCUT2D eigenvalue weighted by atomic mass is 32.2. The number of carbonyl (C=O) groups excluding carboxylic acids is 1. The molecule has 0 saturated carbocycles. The van der Waals surface area contributed by atoms with Crippen molar-refractivity contribution in [2.24, 2.45) is 0 Å². The van der Waals surface area contributed by atoms with Crippen LogP contribution in [-0.2, 0) is 4.79 Å². The van der Waals surface area contributed by atoms with Crippen LogP contribution in [0.5, 0.6) is 5.75 Å². The topological polar surface area (TPSA) is 69.0 Å². The number of anilines is 1. The Kier molecular flexibility index (Phi) is 5.52. The summed E-state index contributed by atoms with van der Waals surface area (Å²) in [6, 6.07) is 13.1. The number of amides is 1. The lowest BCUT2D eigenvalue weighted by atomic mass is 10.3. The molecule has 3 aromatic rings. The van der Waals surface area contributed by atoms with Crippen molar-refractivity contribution in [2.75, 3.05) is 12.4 Å². The minimum absolute atomic E-state index is 0.207. The fraction of sp³-hybridized carbons (Fsp3) is 0.167. The molecule has 0 unspecified atom stereocenters. The quantitative estimate of drug-likeness (QED) is 0.671. The number of carbonyl (C=O) groups is 1. The van der Waals surface area contributed by atoms with E-state index in [0.29, 0.717) is 16.6 Å². The summed E-state index contributed by atoms with van der Waals surface area (Å²) < 4.78 is 20.0. The first-order chi connectivity index (χ1) is 12.6. The number of hydrogen-bond acceptors (Lipinski definition) is 5. The van der Waals surface area contributed by atoms with Gasteiger partial charge in [-0.05, 0) is 43.3 Å². The van der Waals surface area contributed by atoms with E-state index >= 15 is 0 Å². The molecule has 2 aromatic carbocycles. The third-order valence-corrected chi connectivity index (χ3v) is 4.67. The smallest absolute Gasteiger partial charge is 0.237 e. The van der Waals surface area contributed by atoms with Crippen molar-refractivity contribution in [2.45, 2.75) is 17.3 Å². The molecule has 26 heavy (non-hydrogen) atoms. The standard InChI is InChI=1S/C18H17FN4O2S/c1-12(17(24)21-14-8-6-13(19)7-9-14)26-18-22-20-11-23(18)15-4-3-5-16(10-15)25-2/h3-12H,1-2H3,(H,21,24)/t12-/m1/s1. The van der Waals surface area contributed by atoms with Gasteiger partial charge in [0.1, 0.15) is 17.9 Å². The number of nitrogens with zero attached hydrogens (tertiary/aromatic N) is 3. The fourth-order valence-corrected chi connectivity index (χ4v) is 3.07. The number of rotatable bonds is 6. The van der Waals surface area contributed by atoms with Crippen LogP contribution in [0.2, 0.25) is 0 Å². The van der Waals surface area contributed by atoms with E-state index in [1.165, 1.54) is 36.0 Å². The summed E-state index contributed by atoms with van der Waals surface area (Å²) in [4.78, 5) is 12.4. The predicted molar refractivity (Wildman–Crippen MR) is 98.3 cm³/mol. The number of thioether (sulfide) groups is 1. The Bertz CT molecular complexity index is 898. The molecule has 1 atom stereocenters. The second-order valence-electron chi connectivity index (χ2n) is 5.44. The number of halogens is 1. The summed E-state index contributed by atoms with van der Waals surface area (Å²) in [6.07, 6.45) is 1.59. The second kappa shape index (κ2) is 8.01. The van der Waals surface area contributed by atoms with Gasteiger partial charge in [-0.3, -0.25) is 9.36 Å². The lowest BCUT2D eigenvalue weighted by molar-refractivity contribution is -0.115. The van der Waals surface area contributed by atoms with Gasteiger partial charge < -0.3 is 10.1 Å². The van der Waals surface area contributed by atoms with E-state index < -0.39 is 5.25 Å². The largest absolute Gasteiger partial charge is 0.497 e. The van der Waals surface area contributed by atoms with E-state index in [4.69, 9.17) is 4.74 Å². The van der Waals surface area contributed by atoms with Gasteiger partial charge in [-0.2, -0.15) is 0 Å². The lowest BCUT2D eigenvalue weighted by Crippen LogP contribution is -2.22. The Morgan fingerprint density at radius 3 is 2.77 bits per heavy atom. The molecule has 3 rings (SSSR count). The first kappa shape index (κ1) is 17.9. The van der Waals surface area contributed by atoms with Gasteiger partial charge in [-0.1, -0.05) is 17.8 Å². The van der Waals surface area contributed by atoms with Gasteiger partial charge in [0.25, 0.3) is 0 Å². The molecule has 0 aliphatic rings. The fourth-order valence-electron chi connectivity index (χ4n) is 2.23. The van der Waals surface area contributed by atoms with Crippen LogP contribution >= 0.6 is 11.8 Å². The summed E-state index contributed by atoms with van der Waals surface area (Å²) in [5.74, 6) is 0.160. The molecule has 6 nitrogen and oxygen atoms in total. The maximum Gasteiger partial charge on any atom is 0.237 e. The molecule has 0 saturated heterocycles. The van der Waals surface area contributed by atoms with Crippen molar-refractivity contribution in [3.8, 4) is 11.4 Å². The Balaban J connectivity index is 1.71. The summed E-state index contributed by atoms with van der Waals surface area (Å²) in [7, 11) is 1.60. The van der Waals surface area contributed by atoms with E-state index in [9.17, 15) is 9.18 Å². The third-order valence-electron chi connectivity index (χ3n) is 3.61. The van der Waals surface area contributed by atoms with Crippen LogP contribution in [0.25, 0.3) is 5.69 Å². The van der Waals surface area contributed by atoms with Crippen LogP contribution < -0.4 is 10.1 Å². The first-order valence-electron chi connectivity index (χ1n) is 7.84. The van der Waals surface area contributed by atoms with Crippen LogP contribution in [0.1, 0.15) is 6.92 Å². The van der Waals surface area contributed by atoms with Crippen LogP contribution in [0.15, 0.2) is 60.0 Å². The molecule has 1 N–H and O–H groups in total. The van der Waals surface area contributed by atoms with Crippen LogP contribution in [0.3, 0.4) is 0 Å². The third kappa shape index (κ3) is 4.20. The van der Waals surface area contributed by atoms with E-state index in [0.717, 1.165) is 5.69 Å². The van der Waals surface area contributed by atoms with Crippen molar-refractivity contribution < 1.29 is 13.9 Å². The molecular weight excluding hydrogens is 355 g/mol. The maximum atomic E-state index is 13.0. The Morgan fingerprint density at radius 2 is 2.04 bits per heavy atom. The molecule has 8 heteroatoms. The van der Waals surface area contributed by atoms with Crippen LogP contribution in [0, 0.1) is 5.82 Å². The summed E-state index contributed by atoms with van der Waals surface area (Å²) in [5.41, 5.74) is 1.38. The highest BCUT2D eigenvalue weighted by molar-refractivity contribution is 8.00. The van der Waals surface area contributed by atoms with E-state index in [2.05, 4.69) is 15.5 Å². The number of benzene rings is 2. The zero-order chi connectivity index (χ0) is 18.5. The minimum Gasteiger partial charge on any atom is -0.497 e. The number of hydrogen-bond donors (Lipinski definition) is 1. The molecular formula is C18H17FN4O2S. The van der Waals surface area contributed by atoms with E-state index in [1.54, 1.807) is 24.9 Å². The number of nitrogens with one attached hydrogen (secondary N) is 1. The molecule has 0 fully saturated rings. The maximum absolute atomic E-state index is 13.0. The van der Waals surface area contributed by atoms with Crippen molar-refractivity contribution in [1.82, 2.24) is 14.8 Å². The molecule has 1 heterocycles. The van der Waals surface area contributed by atoms with E-state index in [-0.39, 0.29) is 11.7 Å². The van der Waals surface area contributed by atoms with Gasteiger partial charge in [0.2, 0.25) is 5.91 Å². The van der Waals surface area contributed by atoms with E-state index in [1.807, 2.05) is 24.3 Å². The van der Waals surface area contributed by atoms with Crippen LogP contribution in [0.4, 0.5) is 10.1 Å². The van der Waals surface area contributed by atoms with Crippen LogP contribution in [-0.4, -0.2) is 33.0 Å². The zero-order valence-corrected chi connectivity index (χ0v) is 15.0. The molecule has 1 amide bonds. The van der Waals surface area contributed by atoms with Gasteiger partial charge in [-0.25, -0.2) is 4.39 Å². The molecule has 0 spiro atoms. The summed E-state index contributed by atoms with van der Waals surface area (Å²) in [6.45, 7) is 1.77. The van der Waals surface area contributed by atoms with Gasteiger partial charge in [0.15, 0.2) is 5.16 Å². The van der Waals surface area contributed by atoms with Gasteiger partial charge in [0.05, 0.1) is 18.0 Å². The first-order valence-corrected chi connectivity index (χ1v) is 8.72. The average Bonchev–Trinajstić information content (AvgIpc) is 3.11. The normalized spacial score (nSPS) is 11.8. The predicted octanol–water partition coefficient (Wildman–Crippen LogP) is 3.53. The molecule has 0 aliphatic carbocycles. The highest BCUT2D eigenvalue weighted by Crippen LogP contribution is 2.26. The van der Waals surface area contributed by atoms with Gasteiger partial charge >= 0.3 is 0 Å². The van der Waals surface area contributed by atoms with Gasteiger partial charge in [0, 0.05) is 11.8 Å². The SMILES string of the molecule is COc1cccc(-n2cnnc2S[C@H](C)C(=O)Nc2ccc(F)cc2)c1. The number of aromatic nitrogens is 3. The molecule has 0 aliphatic heterocycles. The second-order valence-corrected chi connectivity index (χ2v) is 6.75. The lowest BCUT2D eigenvalue weighted by Gasteiger charge is -2.13. The van der Waals surface area contributed by atoms with Crippen molar-refractivity contribution in [3.05, 3.63) is 60.7 Å². The van der Waals surface area contributed by atoms with Crippen molar-refractivity contribution in [1.29, 1.82) is 0 Å². The number of methoxy groups -OCH3 is 1. The van der Waals surface area contributed by atoms with Crippen molar-refractivity contribution >= 4 is 23.4 Å². The molecule has 1 aromatic heterocycles. The summed E-state index contributed by atoms with van der Waals surface area (Å²) >= 11 is 1.28. The monoisotopic (exact) mass is 372 g/mol. The molecule has 0 bridgehead atoms. The summed E-state index contributed by atoms with van der Waals surface area (Å²) in [5, 5.41) is 10.9. The Morgan fingerprint density at radius 1 is 1.27 bits per heavy atom. The Labute approximate surface area is 154 Å². The number of ether oxygens (including phenoxy) is 1. The zero-order valence-electron chi connectivity index (χ0n) is 14.2. The highest BCUT2D eigenvalue weighted by Gasteiger charge is 2.18. The molecule has 134 valence electrons. The average molecular weight is 372 g/mol. The van der Waals surface area contributed by atoms with Crippen molar-refractivity contribution in [3.63, 3.8) is 0 Å². The molecule has 0 radical (unpaired) electrons. The minimum atomic E-state index is -0.423. The van der Waals surface area contributed by atoms with Gasteiger partial charge in [-0.15, -0.1) is 10.2 Å².